The summed E-state index contributed by atoms with van der Waals surface area (Å²) in [6.45, 7) is 10.7. The first kappa shape index (κ1) is 19.0. The van der Waals surface area contributed by atoms with Crippen LogP contribution in [0.2, 0.25) is 5.15 Å². The molecule has 0 saturated carbocycles. The number of aromatic nitrogens is 2. The molecule has 25 heavy (non-hydrogen) atoms. The Morgan fingerprint density at radius 2 is 1.76 bits per heavy atom. The molecule has 0 radical (unpaired) electrons. The minimum Gasteiger partial charge on any atom is -0.378 e. The summed E-state index contributed by atoms with van der Waals surface area (Å²) in [4.78, 5) is 17.5. The van der Waals surface area contributed by atoms with E-state index in [9.17, 15) is 0 Å². The molecule has 0 atom stereocenters. The summed E-state index contributed by atoms with van der Waals surface area (Å²) in [5.41, 5.74) is 0. The minimum atomic E-state index is 0.562. The van der Waals surface area contributed by atoms with Crippen molar-refractivity contribution in [3.8, 4) is 0 Å². The minimum absolute atomic E-state index is 0.562. The van der Waals surface area contributed by atoms with E-state index < -0.39 is 0 Å². The van der Waals surface area contributed by atoms with E-state index in [1.54, 1.807) is 11.8 Å². The van der Waals surface area contributed by atoms with E-state index in [1.807, 2.05) is 6.26 Å². The molecule has 2 saturated heterocycles. The van der Waals surface area contributed by atoms with Gasteiger partial charge >= 0.3 is 0 Å². The van der Waals surface area contributed by atoms with E-state index in [0.717, 1.165) is 69.1 Å². The zero-order chi connectivity index (χ0) is 17.6. The van der Waals surface area contributed by atoms with Crippen LogP contribution in [0.3, 0.4) is 0 Å². The van der Waals surface area contributed by atoms with Gasteiger partial charge in [-0.25, -0.2) is 0 Å². The van der Waals surface area contributed by atoms with E-state index >= 15 is 0 Å². The molecule has 3 heterocycles. The van der Waals surface area contributed by atoms with E-state index in [0.29, 0.717) is 5.15 Å². The SMILES string of the molecule is CCCCN1CCN(c2nc(N3CCOCC3)nc(Cl)c2SC)CC1. The Bertz CT molecular complexity index is 562. The van der Waals surface area contributed by atoms with Gasteiger partial charge < -0.3 is 14.5 Å². The number of anilines is 2. The fourth-order valence-corrected chi connectivity index (χ4v) is 4.22. The fourth-order valence-electron chi connectivity index (χ4n) is 3.26. The van der Waals surface area contributed by atoms with Crippen LogP contribution < -0.4 is 9.80 Å². The van der Waals surface area contributed by atoms with Gasteiger partial charge in [0.15, 0.2) is 0 Å². The summed E-state index contributed by atoms with van der Waals surface area (Å²) < 4.78 is 5.44. The molecule has 2 fully saturated rings. The van der Waals surface area contributed by atoms with Gasteiger partial charge in [-0.15, -0.1) is 11.8 Å². The van der Waals surface area contributed by atoms with Gasteiger partial charge in [-0.05, 0) is 19.2 Å². The molecule has 0 amide bonds. The van der Waals surface area contributed by atoms with Gasteiger partial charge in [0.1, 0.15) is 11.0 Å². The van der Waals surface area contributed by atoms with Gasteiger partial charge in [0.25, 0.3) is 0 Å². The highest BCUT2D eigenvalue weighted by Crippen LogP contribution is 2.35. The second kappa shape index (κ2) is 9.26. The van der Waals surface area contributed by atoms with Crippen LogP contribution in [0.5, 0.6) is 0 Å². The van der Waals surface area contributed by atoms with Gasteiger partial charge in [-0.3, -0.25) is 4.90 Å². The quantitative estimate of drug-likeness (QED) is 0.550. The third-order valence-corrected chi connectivity index (χ3v) is 5.96. The summed E-state index contributed by atoms with van der Waals surface area (Å²) in [6, 6.07) is 0. The monoisotopic (exact) mass is 385 g/mol. The predicted molar refractivity (Wildman–Crippen MR) is 105 cm³/mol. The molecule has 0 bridgehead atoms. The second-order valence-electron chi connectivity index (χ2n) is 6.45. The van der Waals surface area contributed by atoms with Crippen LogP contribution in [-0.2, 0) is 4.74 Å². The molecule has 2 aliphatic rings. The normalized spacial score (nSPS) is 19.5. The highest BCUT2D eigenvalue weighted by atomic mass is 35.5. The van der Waals surface area contributed by atoms with Crippen LogP contribution in [-0.4, -0.2) is 80.2 Å². The van der Waals surface area contributed by atoms with E-state index in [2.05, 4.69) is 26.6 Å². The molecule has 8 heteroatoms. The predicted octanol–water partition coefficient (Wildman–Crippen LogP) is 2.61. The number of piperazine rings is 1. The molecular weight excluding hydrogens is 358 g/mol. The first-order valence-corrected chi connectivity index (χ1v) is 10.7. The zero-order valence-corrected chi connectivity index (χ0v) is 16.8. The number of thioether (sulfide) groups is 1. The first-order chi connectivity index (χ1) is 12.2. The van der Waals surface area contributed by atoms with Crippen molar-refractivity contribution in [1.82, 2.24) is 14.9 Å². The molecule has 0 spiro atoms. The third kappa shape index (κ3) is 4.70. The number of halogens is 1. The lowest BCUT2D eigenvalue weighted by molar-refractivity contribution is 0.122. The van der Waals surface area contributed by atoms with Crippen LogP contribution in [0, 0.1) is 0 Å². The van der Waals surface area contributed by atoms with Gasteiger partial charge in [-0.2, -0.15) is 9.97 Å². The Morgan fingerprint density at radius 1 is 1.04 bits per heavy atom. The van der Waals surface area contributed by atoms with Crippen molar-refractivity contribution in [2.24, 2.45) is 0 Å². The Hall–Kier alpha value is -0.760. The Morgan fingerprint density at radius 3 is 2.40 bits per heavy atom. The summed E-state index contributed by atoms with van der Waals surface area (Å²) >= 11 is 8.13. The van der Waals surface area contributed by atoms with Gasteiger partial charge in [0.05, 0.1) is 18.1 Å². The molecule has 0 aromatic carbocycles. The van der Waals surface area contributed by atoms with Crippen LogP contribution in [0.1, 0.15) is 19.8 Å². The number of hydrogen-bond acceptors (Lipinski definition) is 7. The van der Waals surface area contributed by atoms with Crippen molar-refractivity contribution in [3.63, 3.8) is 0 Å². The summed E-state index contributed by atoms with van der Waals surface area (Å²) in [5.74, 6) is 1.72. The molecule has 0 N–H and O–H groups in total. The standard InChI is InChI=1S/C17H28ClN5OS/c1-3-4-5-21-6-8-22(9-7-21)16-14(25-2)15(18)19-17(20-16)23-10-12-24-13-11-23/h3-13H2,1-2H3. The number of ether oxygens (including phenoxy) is 1. The van der Waals surface area contributed by atoms with Gasteiger partial charge in [-0.1, -0.05) is 24.9 Å². The van der Waals surface area contributed by atoms with Gasteiger partial charge in [0.2, 0.25) is 5.95 Å². The highest BCUT2D eigenvalue weighted by Gasteiger charge is 2.24. The largest absolute Gasteiger partial charge is 0.378 e. The number of morpholine rings is 1. The molecule has 6 nitrogen and oxygen atoms in total. The average molecular weight is 386 g/mol. The molecule has 1 aromatic heterocycles. The lowest BCUT2D eigenvalue weighted by Gasteiger charge is -2.36. The van der Waals surface area contributed by atoms with E-state index in [1.165, 1.54) is 19.4 Å². The fraction of sp³-hybridized carbons (Fsp3) is 0.765. The Balaban J connectivity index is 1.76. The second-order valence-corrected chi connectivity index (χ2v) is 7.63. The summed E-state index contributed by atoms with van der Waals surface area (Å²) in [6.07, 6.45) is 4.57. The number of nitrogens with zero attached hydrogens (tertiary/aromatic N) is 5. The Labute approximate surface area is 159 Å². The van der Waals surface area contributed by atoms with Crippen molar-refractivity contribution in [3.05, 3.63) is 5.15 Å². The summed E-state index contributed by atoms with van der Waals surface area (Å²) in [5, 5.41) is 0.562. The molecule has 2 aliphatic heterocycles. The topological polar surface area (TPSA) is 44.7 Å². The van der Waals surface area contributed by atoms with E-state index in [-0.39, 0.29) is 0 Å². The van der Waals surface area contributed by atoms with Crippen LogP contribution >= 0.6 is 23.4 Å². The number of unbranched alkanes of at least 4 members (excludes halogenated alkanes) is 1. The third-order valence-electron chi connectivity index (χ3n) is 4.79. The molecule has 140 valence electrons. The number of rotatable bonds is 6. The van der Waals surface area contributed by atoms with Crippen molar-refractivity contribution in [2.45, 2.75) is 24.7 Å². The first-order valence-electron chi connectivity index (χ1n) is 9.14. The lowest BCUT2D eigenvalue weighted by Crippen LogP contribution is -2.47. The van der Waals surface area contributed by atoms with E-state index in [4.69, 9.17) is 21.3 Å². The lowest BCUT2D eigenvalue weighted by atomic mass is 10.2. The van der Waals surface area contributed by atoms with Crippen LogP contribution in [0.4, 0.5) is 11.8 Å². The maximum Gasteiger partial charge on any atom is 0.228 e. The van der Waals surface area contributed by atoms with Crippen molar-refractivity contribution in [2.75, 3.05) is 75.1 Å². The molecule has 0 aliphatic carbocycles. The number of hydrogen-bond donors (Lipinski definition) is 0. The van der Waals surface area contributed by atoms with Gasteiger partial charge in [0, 0.05) is 39.3 Å². The molecular formula is C17H28ClN5OS. The summed E-state index contributed by atoms with van der Waals surface area (Å²) in [7, 11) is 0. The molecule has 0 unspecified atom stereocenters. The molecule has 1 aromatic rings. The van der Waals surface area contributed by atoms with Crippen molar-refractivity contribution >= 4 is 35.1 Å². The van der Waals surface area contributed by atoms with Crippen molar-refractivity contribution < 1.29 is 4.74 Å². The Kier molecular flexibility index (Phi) is 7.04. The maximum absolute atomic E-state index is 6.50. The zero-order valence-electron chi connectivity index (χ0n) is 15.2. The highest BCUT2D eigenvalue weighted by molar-refractivity contribution is 7.98. The van der Waals surface area contributed by atoms with Crippen LogP contribution in [0.25, 0.3) is 0 Å². The molecule has 3 rings (SSSR count). The van der Waals surface area contributed by atoms with Crippen LogP contribution in [0.15, 0.2) is 4.90 Å². The smallest absolute Gasteiger partial charge is 0.228 e. The maximum atomic E-state index is 6.50. The average Bonchev–Trinajstić information content (AvgIpc) is 2.67. The van der Waals surface area contributed by atoms with Crippen molar-refractivity contribution in [1.29, 1.82) is 0 Å².